The molecule has 4 aromatic carbocycles. The van der Waals surface area contributed by atoms with Gasteiger partial charge in [0.25, 0.3) is 0 Å². The second kappa shape index (κ2) is 10.9. The third-order valence-electron chi connectivity index (χ3n) is 5.41. The van der Waals surface area contributed by atoms with Crippen molar-refractivity contribution < 1.29 is 36.2 Å². The van der Waals surface area contributed by atoms with Gasteiger partial charge in [0.1, 0.15) is 36.2 Å². The predicted octanol–water partition coefficient (Wildman–Crippen LogP) is 4.52. The maximum absolute atomic E-state index is 12.8. The molecule has 1 N–H and O–H groups in total. The summed E-state index contributed by atoms with van der Waals surface area (Å²) < 4.78 is 67.2. The molecule has 0 saturated heterocycles. The first-order chi connectivity index (χ1) is 17.7. The molecule has 0 fully saturated rings. The summed E-state index contributed by atoms with van der Waals surface area (Å²) >= 11 is 0. The van der Waals surface area contributed by atoms with Crippen LogP contribution in [0.5, 0.6) is 23.0 Å². The molecular weight excluding hydrogens is 516 g/mol. The molecular formula is C27H24O8S2. The van der Waals surface area contributed by atoms with E-state index in [1.54, 1.807) is 36.4 Å². The van der Waals surface area contributed by atoms with Gasteiger partial charge in [-0.1, -0.05) is 0 Å². The van der Waals surface area contributed by atoms with Gasteiger partial charge in [-0.25, -0.2) is 16.8 Å². The third-order valence-corrected chi connectivity index (χ3v) is 8.98. The minimum atomic E-state index is -3.71. The number of phenols is 1. The fourth-order valence-corrected chi connectivity index (χ4v) is 5.92. The Morgan fingerprint density at radius 2 is 0.811 bits per heavy atom. The van der Waals surface area contributed by atoms with Crippen molar-refractivity contribution in [3.8, 4) is 23.0 Å². The highest BCUT2D eigenvalue weighted by Gasteiger charge is 2.18. The smallest absolute Gasteiger partial charge is 0.206 e. The Kier molecular flexibility index (Phi) is 7.70. The predicted molar refractivity (Wildman–Crippen MR) is 136 cm³/mol. The second-order valence-corrected chi connectivity index (χ2v) is 11.7. The molecule has 37 heavy (non-hydrogen) atoms. The molecule has 192 valence electrons. The molecule has 0 radical (unpaired) electrons. The molecule has 0 unspecified atom stereocenters. The number of rotatable bonds is 10. The van der Waals surface area contributed by atoms with Gasteiger partial charge in [-0.05, 0) is 97.1 Å². The second-order valence-electron chi connectivity index (χ2n) is 7.82. The minimum absolute atomic E-state index is 0.0144. The normalized spacial score (nSPS) is 11.6. The first-order valence-corrected chi connectivity index (χ1v) is 14.1. The summed E-state index contributed by atoms with van der Waals surface area (Å²) in [6, 6.07) is 23.6. The Bertz CT molecular complexity index is 1540. The van der Waals surface area contributed by atoms with Crippen LogP contribution in [0.25, 0.3) is 0 Å². The largest absolute Gasteiger partial charge is 0.508 e. The van der Waals surface area contributed by atoms with Crippen molar-refractivity contribution in [1.82, 2.24) is 0 Å². The number of aromatic hydroxyl groups is 1. The molecule has 10 heteroatoms. The molecule has 0 aliphatic rings. The SMILES string of the molecule is COc1ccc(S(=O)(=O)c2ccc(OCCOc3ccc(S(=O)(=O)c4ccc(O)cc4)cc3)cc2)cc1. The number of ether oxygens (including phenoxy) is 3. The molecule has 0 aliphatic heterocycles. The fraction of sp³-hybridized carbons (Fsp3) is 0.111. The number of phenolic OH excluding ortho intramolecular Hbond substituents is 1. The summed E-state index contributed by atoms with van der Waals surface area (Å²) in [5.41, 5.74) is 0. The quantitative estimate of drug-likeness (QED) is 0.292. The minimum Gasteiger partial charge on any atom is -0.508 e. The number of hydrogen-bond donors (Lipinski definition) is 1. The van der Waals surface area contributed by atoms with Crippen LogP contribution < -0.4 is 14.2 Å². The highest BCUT2D eigenvalue weighted by Crippen LogP contribution is 2.26. The molecule has 0 spiro atoms. The Hall–Kier alpha value is -4.02. The van der Waals surface area contributed by atoms with Gasteiger partial charge in [-0.3, -0.25) is 0 Å². The van der Waals surface area contributed by atoms with Crippen LogP contribution in [0.2, 0.25) is 0 Å². The van der Waals surface area contributed by atoms with Gasteiger partial charge in [0.05, 0.1) is 26.7 Å². The zero-order valence-electron chi connectivity index (χ0n) is 19.8. The van der Waals surface area contributed by atoms with Crippen LogP contribution in [-0.4, -0.2) is 42.3 Å². The van der Waals surface area contributed by atoms with Crippen LogP contribution in [-0.2, 0) is 19.7 Å². The Balaban J connectivity index is 1.30. The number of methoxy groups -OCH3 is 1. The number of benzene rings is 4. The lowest BCUT2D eigenvalue weighted by atomic mass is 10.3. The van der Waals surface area contributed by atoms with Gasteiger partial charge < -0.3 is 19.3 Å². The van der Waals surface area contributed by atoms with E-state index in [-0.39, 0.29) is 38.5 Å². The van der Waals surface area contributed by atoms with E-state index in [9.17, 15) is 21.9 Å². The van der Waals surface area contributed by atoms with Crippen molar-refractivity contribution in [2.24, 2.45) is 0 Å². The van der Waals surface area contributed by atoms with Crippen LogP contribution in [0, 0.1) is 0 Å². The van der Waals surface area contributed by atoms with Crippen molar-refractivity contribution in [2.45, 2.75) is 19.6 Å². The van der Waals surface area contributed by atoms with E-state index in [2.05, 4.69) is 0 Å². The van der Waals surface area contributed by atoms with Gasteiger partial charge >= 0.3 is 0 Å². The van der Waals surface area contributed by atoms with Crippen LogP contribution in [0.1, 0.15) is 0 Å². The Labute approximate surface area is 215 Å². The summed E-state index contributed by atoms with van der Waals surface area (Å²) in [4.78, 5) is 0.488. The molecule has 0 saturated carbocycles. The molecule has 4 rings (SSSR count). The molecule has 0 atom stereocenters. The maximum atomic E-state index is 12.8. The van der Waals surface area contributed by atoms with E-state index in [0.717, 1.165) is 0 Å². The van der Waals surface area contributed by atoms with Crippen LogP contribution in [0.4, 0.5) is 0 Å². The summed E-state index contributed by atoms with van der Waals surface area (Å²) in [6.45, 7) is 0.383. The lowest BCUT2D eigenvalue weighted by molar-refractivity contribution is 0.217. The van der Waals surface area contributed by atoms with Crippen LogP contribution in [0.3, 0.4) is 0 Å². The fourth-order valence-electron chi connectivity index (χ4n) is 3.40. The first kappa shape index (κ1) is 26.1. The van der Waals surface area contributed by atoms with Crippen LogP contribution >= 0.6 is 0 Å². The van der Waals surface area contributed by atoms with E-state index in [1.807, 2.05) is 0 Å². The van der Waals surface area contributed by atoms with E-state index in [1.165, 1.54) is 67.8 Å². The van der Waals surface area contributed by atoms with Crippen molar-refractivity contribution in [2.75, 3.05) is 20.3 Å². The van der Waals surface area contributed by atoms with Gasteiger partial charge in [-0.15, -0.1) is 0 Å². The average Bonchev–Trinajstić information content (AvgIpc) is 2.92. The third kappa shape index (κ3) is 6.04. The van der Waals surface area contributed by atoms with Gasteiger partial charge in [0.2, 0.25) is 19.7 Å². The maximum Gasteiger partial charge on any atom is 0.206 e. The number of sulfone groups is 2. The zero-order chi connectivity index (χ0) is 26.5. The lowest BCUT2D eigenvalue weighted by Crippen LogP contribution is -2.09. The van der Waals surface area contributed by atoms with Crippen LogP contribution in [0.15, 0.2) is 117 Å². The van der Waals surface area contributed by atoms with E-state index >= 15 is 0 Å². The monoisotopic (exact) mass is 540 g/mol. The molecule has 0 aliphatic carbocycles. The zero-order valence-corrected chi connectivity index (χ0v) is 21.4. The van der Waals surface area contributed by atoms with Crippen molar-refractivity contribution >= 4 is 19.7 Å². The molecule has 8 nitrogen and oxygen atoms in total. The molecule has 0 heterocycles. The molecule has 0 bridgehead atoms. The molecule has 0 aromatic heterocycles. The summed E-state index contributed by atoms with van der Waals surface area (Å²) in [5.74, 6) is 1.50. The lowest BCUT2D eigenvalue weighted by Gasteiger charge is -2.10. The average molecular weight is 541 g/mol. The summed E-state index contributed by atoms with van der Waals surface area (Å²) in [6.07, 6.45) is 0. The molecule has 4 aromatic rings. The first-order valence-electron chi connectivity index (χ1n) is 11.1. The van der Waals surface area contributed by atoms with Crippen molar-refractivity contribution in [3.63, 3.8) is 0 Å². The summed E-state index contributed by atoms with van der Waals surface area (Å²) in [5, 5.41) is 9.36. The Morgan fingerprint density at radius 1 is 0.514 bits per heavy atom. The van der Waals surface area contributed by atoms with Crippen molar-refractivity contribution in [1.29, 1.82) is 0 Å². The highest BCUT2D eigenvalue weighted by atomic mass is 32.2. The van der Waals surface area contributed by atoms with Gasteiger partial charge in [0, 0.05) is 0 Å². The molecule has 0 amide bonds. The van der Waals surface area contributed by atoms with Gasteiger partial charge in [0.15, 0.2) is 0 Å². The summed E-state index contributed by atoms with van der Waals surface area (Å²) in [7, 11) is -5.86. The topological polar surface area (TPSA) is 116 Å². The van der Waals surface area contributed by atoms with Gasteiger partial charge in [-0.2, -0.15) is 0 Å². The Morgan fingerprint density at radius 3 is 1.14 bits per heavy atom. The van der Waals surface area contributed by atoms with Crippen molar-refractivity contribution in [3.05, 3.63) is 97.1 Å². The number of hydrogen-bond acceptors (Lipinski definition) is 8. The standard InChI is InChI=1S/C27H24O8S2/c1-33-21-4-12-25(13-5-21)37(31,32)27-16-8-23(9-17-27)35-19-18-34-22-6-14-26(15-7-22)36(29,30)24-10-2-20(28)3-11-24/h2-17,28H,18-19H2,1H3. The highest BCUT2D eigenvalue weighted by molar-refractivity contribution is 7.91. The van der Waals surface area contributed by atoms with E-state index in [4.69, 9.17) is 14.2 Å². The van der Waals surface area contributed by atoms with E-state index < -0.39 is 19.7 Å². The van der Waals surface area contributed by atoms with E-state index in [0.29, 0.717) is 17.2 Å².